The number of nitrogen functional groups attached to an aromatic ring is 1. The summed E-state index contributed by atoms with van der Waals surface area (Å²) in [5, 5.41) is 2.31. The fourth-order valence-electron chi connectivity index (χ4n) is 2.87. The van der Waals surface area contributed by atoms with Crippen molar-refractivity contribution in [1.82, 2.24) is 14.5 Å². The number of nitrogens with one attached hydrogen (secondary N) is 1. The van der Waals surface area contributed by atoms with E-state index in [1.54, 1.807) is 0 Å². The van der Waals surface area contributed by atoms with Crippen molar-refractivity contribution in [3.05, 3.63) is 100 Å². The molecule has 166 valence electrons. The monoisotopic (exact) mass is 469 g/mol. The maximum Gasteiger partial charge on any atom is 0.267 e. The molecule has 4 aromatic rings. The van der Waals surface area contributed by atoms with E-state index in [-0.39, 0.29) is 27.0 Å². The van der Waals surface area contributed by atoms with Gasteiger partial charge in [-0.25, -0.2) is 18.7 Å². The third-order valence-electron chi connectivity index (χ3n) is 4.48. The number of rotatable bonds is 5. The average molecular weight is 469 g/mol. The lowest BCUT2D eigenvalue weighted by atomic mass is 10.2. The molecule has 7 nitrogen and oxygen atoms in total. The van der Waals surface area contributed by atoms with E-state index in [9.17, 15) is 22.8 Å². The summed E-state index contributed by atoms with van der Waals surface area (Å²) < 4.78 is 42.9. The van der Waals surface area contributed by atoms with Crippen molar-refractivity contribution in [3.8, 4) is 5.69 Å². The highest BCUT2D eigenvalue weighted by molar-refractivity contribution is 7.99. The predicted molar refractivity (Wildman–Crippen MR) is 117 cm³/mol. The highest BCUT2D eigenvalue weighted by atomic mass is 32.2. The van der Waals surface area contributed by atoms with Crippen molar-refractivity contribution >= 4 is 29.2 Å². The van der Waals surface area contributed by atoms with E-state index >= 15 is 0 Å². The molecule has 2 aromatic carbocycles. The Bertz CT molecular complexity index is 1410. The van der Waals surface area contributed by atoms with Crippen LogP contribution in [0.5, 0.6) is 0 Å². The van der Waals surface area contributed by atoms with Crippen LogP contribution in [0.25, 0.3) is 5.69 Å². The van der Waals surface area contributed by atoms with Crippen molar-refractivity contribution in [1.29, 1.82) is 0 Å². The Balaban J connectivity index is 1.55. The van der Waals surface area contributed by atoms with Gasteiger partial charge in [0, 0.05) is 22.5 Å². The molecular formula is C22H14F3N5O2S. The first-order chi connectivity index (χ1) is 15.8. The lowest BCUT2D eigenvalue weighted by Crippen LogP contribution is -2.27. The standard InChI is InChI=1S/C22H14F3N5O2S/c23-12-3-6-14(7-4-12)30-9-1-2-15(22(30)32)20(31)29-13-5-8-17(16(24)10-13)33-21-18(25)19(26)27-11-28-21/h1-11H,(H,29,31)(H2,26,27,28). The molecule has 0 unspecified atom stereocenters. The minimum Gasteiger partial charge on any atom is -0.381 e. The number of hydrogen-bond donors (Lipinski definition) is 2. The number of pyridine rings is 1. The number of amides is 1. The van der Waals surface area contributed by atoms with Gasteiger partial charge in [0.25, 0.3) is 11.5 Å². The highest BCUT2D eigenvalue weighted by Crippen LogP contribution is 2.32. The Morgan fingerprint density at radius 1 is 1.03 bits per heavy atom. The van der Waals surface area contributed by atoms with E-state index in [2.05, 4.69) is 15.3 Å². The van der Waals surface area contributed by atoms with Crippen molar-refractivity contribution in [2.45, 2.75) is 9.92 Å². The third-order valence-corrected chi connectivity index (χ3v) is 5.51. The van der Waals surface area contributed by atoms with Gasteiger partial charge in [-0.1, -0.05) is 11.8 Å². The SMILES string of the molecule is Nc1ncnc(Sc2ccc(NC(=O)c3cccn(-c4ccc(F)cc4)c3=O)cc2F)c1F. The maximum absolute atomic E-state index is 14.6. The molecule has 0 spiro atoms. The first-order valence-corrected chi connectivity index (χ1v) is 10.2. The number of halogens is 3. The van der Waals surface area contributed by atoms with Crippen LogP contribution in [0.2, 0.25) is 0 Å². The van der Waals surface area contributed by atoms with E-state index in [1.807, 2.05) is 0 Å². The summed E-state index contributed by atoms with van der Waals surface area (Å²) in [6.07, 6.45) is 2.50. The van der Waals surface area contributed by atoms with Crippen LogP contribution in [-0.4, -0.2) is 20.4 Å². The predicted octanol–water partition coefficient (Wildman–Crippen LogP) is 4.03. The summed E-state index contributed by atoms with van der Waals surface area (Å²) in [6, 6.07) is 11.8. The molecule has 2 aromatic heterocycles. The minimum atomic E-state index is -0.860. The Labute approximate surface area is 189 Å². The number of hydrogen-bond acceptors (Lipinski definition) is 6. The van der Waals surface area contributed by atoms with E-state index in [4.69, 9.17) is 5.73 Å². The van der Waals surface area contributed by atoms with Gasteiger partial charge >= 0.3 is 0 Å². The molecule has 0 aliphatic carbocycles. The highest BCUT2D eigenvalue weighted by Gasteiger charge is 2.16. The summed E-state index contributed by atoms with van der Waals surface area (Å²) in [5.74, 6) is -3.18. The van der Waals surface area contributed by atoms with Gasteiger partial charge in [0.2, 0.25) is 0 Å². The Morgan fingerprint density at radius 2 is 1.79 bits per heavy atom. The molecule has 33 heavy (non-hydrogen) atoms. The van der Waals surface area contributed by atoms with Gasteiger partial charge in [0.1, 0.15) is 28.6 Å². The van der Waals surface area contributed by atoms with Crippen molar-refractivity contribution < 1.29 is 18.0 Å². The second-order valence-electron chi connectivity index (χ2n) is 6.65. The van der Waals surface area contributed by atoms with Gasteiger partial charge in [0.05, 0.1) is 0 Å². The topological polar surface area (TPSA) is 103 Å². The van der Waals surface area contributed by atoms with Crippen LogP contribution in [0.15, 0.2) is 81.8 Å². The largest absolute Gasteiger partial charge is 0.381 e. The normalized spacial score (nSPS) is 10.8. The van der Waals surface area contributed by atoms with Crippen LogP contribution in [0, 0.1) is 17.5 Å². The van der Waals surface area contributed by atoms with Gasteiger partial charge < -0.3 is 11.1 Å². The number of carbonyl (C=O) groups is 1. The second-order valence-corrected chi connectivity index (χ2v) is 7.68. The Kier molecular flexibility index (Phi) is 6.13. The number of nitrogens with two attached hydrogens (primary N) is 1. The number of nitrogens with zero attached hydrogens (tertiary/aromatic N) is 3. The first kappa shape index (κ1) is 22.1. The van der Waals surface area contributed by atoms with Crippen LogP contribution in [0.1, 0.15) is 10.4 Å². The van der Waals surface area contributed by atoms with Gasteiger partial charge in [-0.3, -0.25) is 14.2 Å². The molecule has 0 saturated heterocycles. The molecule has 0 radical (unpaired) electrons. The van der Waals surface area contributed by atoms with Gasteiger partial charge in [-0.2, -0.15) is 4.39 Å². The van der Waals surface area contributed by atoms with Crippen LogP contribution >= 0.6 is 11.8 Å². The molecule has 0 atom stereocenters. The molecule has 1 amide bonds. The zero-order valence-corrected chi connectivity index (χ0v) is 17.4. The molecule has 4 rings (SSSR count). The third kappa shape index (κ3) is 4.72. The Hall–Kier alpha value is -4.12. The molecule has 0 saturated carbocycles. The van der Waals surface area contributed by atoms with Crippen molar-refractivity contribution in [2.24, 2.45) is 0 Å². The summed E-state index contributed by atoms with van der Waals surface area (Å²) >= 11 is 0.708. The average Bonchev–Trinajstić information content (AvgIpc) is 2.79. The molecule has 2 heterocycles. The van der Waals surface area contributed by atoms with Crippen molar-refractivity contribution in [3.63, 3.8) is 0 Å². The molecule has 0 aliphatic heterocycles. The van der Waals surface area contributed by atoms with Crippen LogP contribution in [0.3, 0.4) is 0 Å². The molecule has 11 heteroatoms. The molecular weight excluding hydrogens is 455 g/mol. The molecule has 3 N–H and O–H groups in total. The summed E-state index contributed by atoms with van der Waals surface area (Å²) in [5.41, 5.74) is 5.02. The van der Waals surface area contributed by atoms with Crippen LogP contribution in [0.4, 0.5) is 24.7 Å². The second kappa shape index (κ2) is 9.17. The summed E-state index contributed by atoms with van der Waals surface area (Å²) in [6.45, 7) is 0. The van der Waals surface area contributed by atoms with E-state index in [1.165, 1.54) is 59.3 Å². The number of anilines is 2. The van der Waals surface area contributed by atoms with E-state index in [0.717, 1.165) is 12.4 Å². The maximum atomic E-state index is 14.6. The van der Waals surface area contributed by atoms with E-state index in [0.29, 0.717) is 17.4 Å². The summed E-state index contributed by atoms with van der Waals surface area (Å²) in [7, 11) is 0. The number of carbonyl (C=O) groups excluding carboxylic acids is 1. The quantitative estimate of drug-likeness (QED) is 0.428. The molecule has 0 bridgehead atoms. The molecule has 0 aliphatic rings. The number of aromatic nitrogens is 3. The van der Waals surface area contributed by atoms with Gasteiger partial charge in [-0.15, -0.1) is 0 Å². The smallest absolute Gasteiger partial charge is 0.267 e. The fourth-order valence-corrected chi connectivity index (χ4v) is 3.67. The first-order valence-electron chi connectivity index (χ1n) is 9.36. The Morgan fingerprint density at radius 3 is 2.52 bits per heavy atom. The minimum absolute atomic E-state index is 0.0448. The lowest BCUT2D eigenvalue weighted by molar-refractivity contribution is 0.102. The fraction of sp³-hybridized carbons (Fsp3) is 0. The number of benzene rings is 2. The molecule has 0 fully saturated rings. The van der Waals surface area contributed by atoms with Gasteiger partial charge in [-0.05, 0) is 54.6 Å². The summed E-state index contributed by atoms with van der Waals surface area (Å²) in [4.78, 5) is 32.7. The van der Waals surface area contributed by atoms with Crippen molar-refractivity contribution in [2.75, 3.05) is 11.1 Å². The van der Waals surface area contributed by atoms with Crippen LogP contribution < -0.4 is 16.6 Å². The van der Waals surface area contributed by atoms with Gasteiger partial charge in [0.15, 0.2) is 11.6 Å². The van der Waals surface area contributed by atoms with Crippen LogP contribution in [-0.2, 0) is 0 Å². The zero-order chi connectivity index (χ0) is 23.5. The van der Waals surface area contributed by atoms with E-state index < -0.39 is 28.9 Å². The zero-order valence-electron chi connectivity index (χ0n) is 16.6. The lowest BCUT2D eigenvalue weighted by Gasteiger charge is -2.10.